The maximum atomic E-state index is 13.8. The largest absolute Gasteiger partial charge is 0.347 e. The number of piperidine rings is 1. The van der Waals surface area contributed by atoms with Crippen LogP contribution in [0.25, 0.3) is 11.3 Å². The van der Waals surface area contributed by atoms with Crippen LogP contribution in [0.1, 0.15) is 38.9 Å². The molecule has 2 aliphatic heterocycles. The first-order chi connectivity index (χ1) is 15.0. The number of thiophene rings is 1. The molecule has 5 nitrogen and oxygen atoms in total. The van der Waals surface area contributed by atoms with Crippen molar-refractivity contribution in [3.05, 3.63) is 61.9 Å². The summed E-state index contributed by atoms with van der Waals surface area (Å²) in [5.74, 6) is -1.50. The van der Waals surface area contributed by atoms with Crippen molar-refractivity contribution in [2.45, 2.75) is 37.8 Å². The lowest BCUT2D eigenvalue weighted by atomic mass is 9.86. The third-order valence-corrected chi connectivity index (χ3v) is 7.74. The summed E-state index contributed by atoms with van der Waals surface area (Å²) in [6.45, 7) is 2.14. The van der Waals surface area contributed by atoms with Gasteiger partial charge in [-0.2, -0.15) is 5.10 Å². The fourth-order valence-corrected chi connectivity index (χ4v) is 6.17. The molecule has 31 heavy (non-hydrogen) atoms. The number of fused-ring (bicyclic) bond motifs is 3. The predicted molar refractivity (Wildman–Crippen MR) is 119 cm³/mol. The Bertz CT molecular complexity index is 1120. The molecule has 1 saturated heterocycles. The highest BCUT2D eigenvalue weighted by Gasteiger charge is 2.30. The summed E-state index contributed by atoms with van der Waals surface area (Å²) in [6, 6.07) is 5.29. The summed E-state index contributed by atoms with van der Waals surface area (Å²) in [5.41, 5.74) is 2.64. The number of carbonyl (C=O) groups excluding carboxylic acids is 1. The zero-order chi connectivity index (χ0) is 21.5. The molecule has 2 aliphatic rings. The average molecular weight is 507 g/mol. The summed E-state index contributed by atoms with van der Waals surface area (Å²) in [5, 5.41) is 10.8. The average Bonchev–Trinajstić information content (AvgIpc) is 3.26. The van der Waals surface area contributed by atoms with Crippen LogP contribution in [-0.2, 0) is 13.0 Å². The lowest BCUT2D eigenvalue weighted by Crippen LogP contribution is -2.49. The van der Waals surface area contributed by atoms with E-state index in [-0.39, 0.29) is 17.9 Å². The van der Waals surface area contributed by atoms with Gasteiger partial charge in [0.1, 0.15) is 11.6 Å². The second-order valence-corrected chi connectivity index (χ2v) is 9.99. The Kier molecular flexibility index (Phi) is 5.66. The van der Waals surface area contributed by atoms with Gasteiger partial charge in [0.2, 0.25) is 0 Å². The number of benzene rings is 1. The minimum atomic E-state index is -0.595. The van der Waals surface area contributed by atoms with Crippen LogP contribution in [-0.4, -0.2) is 34.8 Å². The number of aryl methyl sites for hydroxylation is 2. The topological polar surface area (TPSA) is 59.0 Å². The van der Waals surface area contributed by atoms with E-state index in [2.05, 4.69) is 31.7 Å². The van der Waals surface area contributed by atoms with Crippen molar-refractivity contribution in [3.63, 3.8) is 0 Å². The molecule has 1 fully saturated rings. The highest BCUT2D eigenvalue weighted by atomic mass is 79.9. The number of carbonyl (C=O) groups is 1. The molecule has 162 valence electrons. The van der Waals surface area contributed by atoms with Gasteiger partial charge in [-0.1, -0.05) is 0 Å². The summed E-state index contributed by atoms with van der Waals surface area (Å²) in [4.78, 5) is 15.0. The Morgan fingerprint density at radius 3 is 2.87 bits per heavy atom. The van der Waals surface area contributed by atoms with Crippen LogP contribution in [0.4, 0.5) is 8.78 Å². The molecule has 1 amide bonds. The molecular formula is C22H21BrF2N4OS. The molecule has 0 radical (unpaired) electrons. The highest BCUT2D eigenvalue weighted by Crippen LogP contribution is 2.39. The number of hydrogen-bond donors (Lipinski definition) is 2. The SMILES string of the molecule is O=C(N[C@@H]1CNCC[C@H]1c1cc(F)cc(F)c1)c1cc2c(s1)CCCn1ncc(Br)c1-2. The molecule has 5 rings (SSSR count). The van der Waals surface area contributed by atoms with Crippen LogP contribution in [0.3, 0.4) is 0 Å². The van der Waals surface area contributed by atoms with Crippen molar-refractivity contribution in [2.75, 3.05) is 13.1 Å². The second kappa shape index (κ2) is 8.44. The van der Waals surface area contributed by atoms with E-state index in [0.29, 0.717) is 23.4 Å². The van der Waals surface area contributed by atoms with E-state index >= 15 is 0 Å². The van der Waals surface area contributed by atoms with Crippen molar-refractivity contribution in [1.29, 1.82) is 0 Å². The first kappa shape index (κ1) is 20.8. The molecule has 0 bridgehead atoms. The van der Waals surface area contributed by atoms with E-state index in [0.717, 1.165) is 47.7 Å². The van der Waals surface area contributed by atoms with Crippen LogP contribution in [0.15, 0.2) is 34.9 Å². The zero-order valence-electron chi connectivity index (χ0n) is 16.6. The van der Waals surface area contributed by atoms with Gasteiger partial charge in [0.25, 0.3) is 5.91 Å². The van der Waals surface area contributed by atoms with Crippen LogP contribution >= 0.6 is 27.3 Å². The molecule has 1 aromatic carbocycles. The molecular weight excluding hydrogens is 486 g/mol. The van der Waals surface area contributed by atoms with Gasteiger partial charge in [-0.25, -0.2) is 8.78 Å². The Balaban J connectivity index is 1.41. The Morgan fingerprint density at radius 1 is 1.26 bits per heavy atom. The Morgan fingerprint density at radius 2 is 2.06 bits per heavy atom. The number of aromatic nitrogens is 2. The molecule has 3 aromatic rings. The second-order valence-electron chi connectivity index (χ2n) is 8.00. The summed E-state index contributed by atoms with van der Waals surface area (Å²) >= 11 is 5.09. The van der Waals surface area contributed by atoms with E-state index in [9.17, 15) is 13.6 Å². The zero-order valence-corrected chi connectivity index (χ0v) is 19.0. The van der Waals surface area contributed by atoms with E-state index < -0.39 is 11.6 Å². The van der Waals surface area contributed by atoms with Crippen molar-refractivity contribution >= 4 is 33.2 Å². The third-order valence-electron chi connectivity index (χ3n) is 5.97. The van der Waals surface area contributed by atoms with Gasteiger partial charge in [-0.15, -0.1) is 11.3 Å². The summed E-state index contributed by atoms with van der Waals surface area (Å²) < 4.78 is 30.5. The van der Waals surface area contributed by atoms with E-state index in [1.54, 1.807) is 6.20 Å². The van der Waals surface area contributed by atoms with E-state index in [1.165, 1.54) is 28.3 Å². The maximum Gasteiger partial charge on any atom is 0.261 e. The van der Waals surface area contributed by atoms with Crippen LogP contribution < -0.4 is 10.6 Å². The van der Waals surface area contributed by atoms with Gasteiger partial charge in [-0.3, -0.25) is 9.48 Å². The first-order valence-electron chi connectivity index (χ1n) is 10.3. The predicted octanol–water partition coefficient (Wildman–Crippen LogP) is 4.47. The molecule has 0 saturated carbocycles. The van der Waals surface area contributed by atoms with Crippen molar-refractivity contribution in [1.82, 2.24) is 20.4 Å². The number of nitrogens with one attached hydrogen (secondary N) is 2. The number of rotatable bonds is 3. The molecule has 2 N–H and O–H groups in total. The van der Waals surface area contributed by atoms with Crippen molar-refractivity contribution < 1.29 is 13.6 Å². The van der Waals surface area contributed by atoms with Gasteiger partial charge in [-0.05, 0) is 65.5 Å². The minimum Gasteiger partial charge on any atom is -0.347 e. The van der Waals surface area contributed by atoms with Crippen LogP contribution in [0, 0.1) is 11.6 Å². The van der Waals surface area contributed by atoms with Crippen molar-refractivity contribution in [3.8, 4) is 11.3 Å². The Hall–Kier alpha value is -2.10. The monoisotopic (exact) mass is 506 g/mol. The lowest BCUT2D eigenvalue weighted by molar-refractivity contribution is 0.0928. The lowest BCUT2D eigenvalue weighted by Gasteiger charge is -2.33. The number of halogens is 3. The summed E-state index contributed by atoms with van der Waals surface area (Å²) in [6.07, 6.45) is 4.36. The number of nitrogens with zero attached hydrogens (tertiary/aromatic N) is 2. The molecule has 0 aliphatic carbocycles. The Labute approximate surface area is 191 Å². The highest BCUT2D eigenvalue weighted by molar-refractivity contribution is 9.10. The summed E-state index contributed by atoms with van der Waals surface area (Å²) in [7, 11) is 0. The standard InChI is InChI=1S/C22H21BrF2N4OS/c23-17-10-27-29-5-1-2-19-16(21(17)29)9-20(31-19)22(30)28-18-11-26-4-3-15(18)12-6-13(24)8-14(25)7-12/h6-10,15,18,26H,1-5,11H2,(H,28,30)/t15-,18+/m0/s1. The molecule has 2 aromatic heterocycles. The first-order valence-corrected chi connectivity index (χ1v) is 11.9. The fourth-order valence-electron chi connectivity index (χ4n) is 4.55. The molecule has 4 heterocycles. The number of hydrogen-bond acceptors (Lipinski definition) is 4. The van der Waals surface area contributed by atoms with Gasteiger partial charge in [0.15, 0.2) is 0 Å². The van der Waals surface area contributed by atoms with Gasteiger partial charge in [0, 0.05) is 41.6 Å². The van der Waals surface area contributed by atoms with Crippen LogP contribution in [0.2, 0.25) is 0 Å². The van der Waals surface area contributed by atoms with Gasteiger partial charge in [0.05, 0.1) is 21.2 Å². The minimum absolute atomic E-state index is 0.149. The van der Waals surface area contributed by atoms with Crippen molar-refractivity contribution in [2.24, 2.45) is 0 Å². The van der Waals surface area contributed by atoms with E-state index in [1.807, 2.05) is 10.7 Å². The normalized spacial score (nSPS) is 20.6. The quantitative estimate of drug-likeness (QED) is 0.550. The molecule has 0 unspecified atom stereocenters. The third kappa shape index (κ3) is 4.06. The number of amides is 1. The van der Waals surface area contributed by atoms with Gasteiger partial charge < -0.3 is 10.6 Å². The molecule has 9 heteroatoms. The molecule has 2 atom stereocenters. The van der Waals surface area contributed by atoms with Gasteiger partial charge >= 0.3 is 0 Å². The maximum absolute atomic E-state index is 13.8. The van der Waals surface area contributed by atoms with E-state index in [4.69, 9.17) is 0 Å². The molecule has 0 spiro atoms. The smallest absolute Gasteiger partial charge is 0.261 e. The van der Waals surface area contributed by atoms with Crippen LogP contribution in [0.5, 0.6) is 0 Å². The fraction of sp³-hybridized carbons (Fsp3) is 0.364.